The lowest BCUT2D eigenvalue weighted by molar-refractivity contribution is 0.161. The molecule has 0 saturated carbocycles. The molecule has 3 aromatic heterocycles. The van der Waals surface area contributed by atoms with Crippen LogP contribution in [0.3, 0.4) is 0 Å². The molecule has 1 atom stereocenters. The first kappa shape index (κ1) is 20.2. The summed E-state index contributed by atoms with van der Waals surface area (Å²) in [6.07, 6.45) is 9.55. The molecule has 3 heterocycles. The van der Waals surface area contributed by atoms with E-state index in [-0.39, 0.29) is 0 Å². The van der Waals surface area contributed by atoms with E-state index in [1.807, 2.05) is 12.4 Å². The van der Waals surface area contributed by atoms with E-state index >= 15 is 0 Å². The highest BCUT2D eigenvalue weighted by atomic mass is 15.2. The van der Waals surface area contributed by atoms with Crippen LogP contribution in [-0.4, -0.2) is 32.5 Å². The summed E-state index contributed by atoms with van der Waals surface area (Å²) < 4.78 is 2.30. The Bertz CT molecular complexity index is 1200. The van der Waals surface area contributed by atoms with Crippen LogP contribution in [0, 0.1) is 0 Å². The van der Waals surface area contributed by atoms with Crippen LogP contribution in [0.5, 0.6) is 0 Å². The number of nitrogens with two attached hydrogens (primary N) is 1. The summed E-state index contributed by atoms with van der Waals surface area (Å²) in [5.74, 6) is 0. The number of aromatic nitrogens is 3. The van der Waals surface area contributed by atoms with Crippen molar-refractivity contribution in [3.8, 4) is 0 Å². The summed E-state index contributed by atoms with van der Waals surface area (Å²) in [7, 11) is 2.16. The van der Waals surface area contributed by atoms with Crippen molar-refractivity contribution in [3.63, 3.8) is 0 Å². The van der Waals surface area contributed by atoms with Crippen molar-refractivity contribution >= 4 is 21.8 Å². The van der Waals surface area contributed by atoms with Gasteiger partial charge >= 0.3 is 0 Å². The maximum atomic E-state index is 5.81. The third-order valence-electron chi connectivity index (χ3n) is 6.75. The van der Waals surface area contributed by atoms with E-state index < -0.39 is 0 Å². The van der Waals surface area contributed by atoms with Gasteiger partial charge in [-0.2, -0.15) is 0 Å². The fourth-order valence-electron chi connectivity index (χ4n) is 5.26. The summed E-state index contributed by atoms with van der Waals surface area (Å²) in [5, 5.41) is 2.58. The van der Waals surface area contributed by atoms with Crippen LogP contribution in [-0.2, 0) is 20.0 Å². The second-order valence-electron chi connectivity index (χ2n) is 8.65. The first-order valence-corrected chi connectivity index (χ1v) is 11.5. The maximum absolute atomic E-state index is 5.81. The molecule has 5 heteroatoms. The number of aryl methyl sites for hydroxylation is 2. The Morgan fingerprint density at radius 1 is 1.03 bits per heavy atom. The molecule has 1 aromatic carbocycles. The van der Waals surface area contributed by atoms with Crippen molar-refractivity contribution in [2.45, 2.75) is 44.7 Å². The number of para-hydroxylation sites is 1. The highest BCUT2D eigenvalue weighted by Crippen LogP contribution is 2.35. The van der Waals surface area contributed by atoms with Crippen LogP contribution in [0.15, 0.2) is 54.9 Å². The van der Waals surface area contributed by atoms with Gasteiger partial charge in [0.2, 0.25) is 0 Å². The monoisotopic (exact) mass is 413 g/mol. The van der Waals surface area contributed by atoms with E-state index in [1.54, 1.807) is 0 Å². The number of fused-ring (bicyclic) bond motifs is 4. The standard InChI is InChI=1S/C26H31N5/c1-30-23-11-3-2-10-20(23)21-13-16-28-22(26(21)30)18-31(17-5-4-14-27)24-12-6-8-19-9-7-15-29-25(19)24/h2-3,7,9-11,13,15-16,24H,4-6,8,12,14,17-18,27H2,1H3/t24-/m0/s1. The molecule has 0 fully saturated rings. The van der Waals surface area contributed by atoms with Gasteiger partial charge in [0.15, 0.2) is 0 Å². The zero-order valence-electron chi connectivity index (χ0n) is 18.3. The SMILES string of the molecule is Cn1c2ccccc2c2ccnc(CN(CCCCN)[C@H]3CCCc4cccnc43)c21. The van der Waals surface area contributed by atoms with Crippen molar-refractivity contribution in [1.82, 2.24) is 19.4 Å². The van der Waals surface area contributed by atoms with Crippen LogP contribution in [0.4, 0.5) is 0 Å². The molecule has 5 nitrogen and oxygen atoms in total. The average molecular weight is 414 g/mol. The lowest BCUT2D eigenvalue weighted by Crippen LogP contribution is -2.33. The van der Waals surface area contributed by atoms with Gasteiger partial charge in [-0.05, 0) is 69.0 Å². The number of rotatable bonds is 7. The minimum atomic E-state index is 0.342. The Labute approximate surface area is 183 Å². The van der Waals surface area contributed by atoms with E-state index in [9.17, 15) is 0 Å². The van der Waals surface area contributed by atoms with E-state index in [0.717, 1.165) is 51.0 Å². The van der Waals surface area contributed by atoms with Crippen molar-refractivity contribution in [2.75, 3.05) is 13.1 Å². The Morgan fingerprint density at radius 3 is 2.84 bits per heavy atom. The fraction of sp³-hybridized carbons (Fsp3) is 0.385. The van der Waals surface area contributed by atoms with Gasteiger partial charge in [-0.15, -0.1) is 0 Å². The van der Waals surface area contributed by atoms with E-state index in [2.05, 4.69) is 59.0 Å². The largest absolute Gasteiger partial charge is 0.342 e. The second kappa shape index (κ2) is 8.77. The minimum Gasteiger partial charge on any atom is -0.342 e. The molecule has 0 unspecified atom stereocenters. The summed E-state index contributed by atoms with van der Waals surface area (Å²) in [4.78, 5) is 12.3. The van der Waals surface area contributed by atoms with Gasteiger partial charge < -0.3 is 10.3 Å². The predicted molar refractivity (Wildman–Crippen MR) is 127 cm³/mol. The third kappa shape index (κ3) is 3.73. The topological polar surface area (TPSA) is 60.0 Å². The number of benzene rings is 1. The number of nitrogens with zero attached hydrogens (tertiary/aromatic N) is 4. The molecule has 4 aromatic rings. The molecule has 160 valence electrons. The molecular weight excluding hydrogens is 382 g/mol. The molecule has 0 saturated heterocycles. The van der Waals surface area contributed by atoms with Crippen molar-refractivity contribution in [3.05, 3.63) is 71.8 Å². The normalized spacial score (nSPS) is 16.3. The Morgan fingerprint density at radius 2 is 1.94 bits per heavy atom. The Hall–Kier alpha value is -2.76. The van der Waals surface area contributed by atoms with Gasteiger partial charge in [-0.1, -0.05) is 24.3 Å². The van der Waals surface area contributed by atoms with E-state index in [1.165, 1.54) is 39.5 Å². The first-order valence-electron chi connectivity index (χ1n) is 11.5. The zero-order chi connectivity index (χ0) is 21.2. The quantitative estimate of drug-likeness (QED) is 0.445. The molecule has 1 aliphatic rings. The highest BCUT2D eigenvalue weighted by Gasteiger charge is 2.28. The molecule has 31 heavy (non-hydrogen) atoms. The minimum absolute atomic E-state index is 0.342. The zero-order valence-corrected chi connectivity index (χ0v) is 18.3. The molecule has 0 radical (unpaired) electrons. The van der Waals surface area contributed by atoms with Gasteiger partial charge in [0.1, 0.15) is 0 Å². The van der Waals surface area contributed by atoms with Gasteiger partial charge in [0.25, 0.3) is 0 Å². The fourth-order valence-corrected chi connectivity index (χ4v) is 5.26. The van der Waals surface area contributed by atoms with Crippen LogP contribution in [0.1, 0.15) is 48.7 Å². The molecule has 1 aliphatic carbocycles. The van der Waals surface area contributed by atoms with E-state index in [0.29, 0.717) is 6.04 Å². The lowest BCUT2D eigenvalue weighted by atomic mass is 9.90. The van der Waals surface area contributed by atoms with Crippen molar-refractivity contribution in [2.24, 2.45) is 12.8 Å². The molecule has 2 N–H and O–H groups in total. The predicted octanol–water partition coefficient (Wildman–Crippen LogP) is 4.74. The second-order valence-corrected chi connectivity index (χ2v) is 8.65. The van der Waals surface area contributed by atoms with Crippen molar-refractivity contribution < 1.29 is 0 Å². The molecule has 5 rings (SSSR count). The van der Waals surface area contributed by atoms with Crippen LogP contribution in [0.2, 0.25) is 0 Å². The van der Waals surface area contributed by atoms with Gasteiger partial charge in [-0.3, -0.25) is 14.9 Å². The molecular formula is C26H31N5. The number of hydrogen-bond acceptors (Lipinski definition) is 4. The number of pyridine rings is 2. The van der Waals surface area contributed by atoms with Crippen LogP contribution < -0.4 is 5.73 Å². The lowest BCUT2D eigenvalue weighted by Gasteiger charge is -2.35. The van der Waals surface area contributed by atoms with Crippen molar-refractivity contribution in [1.29, 1.82) is 0 Å². The molecule has 0 amide bonds. The van der Waals surface area contributed by atoms with Crippen LogP contribution >= 0.6 is 0 Å². The average Bonchev–Trinajstić information content (AvgIpc) is 3.11. The summed E-state index contributed by atoms with van der Waals surface area (Å²) in [6, 6.07) is 15.4. The Kier molecular flexibility index (Phi) is 5.70. The molecule has 0 aliphatic heterocycles. The smallest absolute Gasteiger partial charge is 0.0786 e. The summed E-state index contributed by atoms with van der Waals surface area (Å²) in [6.45, 7) is 2.58. The van der Waals surface area contributed by atoms with Gasteiger partial charge in [0, 0.05) is 42.3 Å². The summed E-state index contributed by atoms with van der Waals surface area (Å²) in [5.41, 5.74) is 12.1. The highest BCUT2D eigenvalue weighted by molar-refractivity contribution is 6.08. The van der Waals surface area contributed by atoms with E-state index in [4.69, 9.17) is 15.7 Å². The number of hydrogen-bond donors (Lipinski definition) is 1. The number of unbranched alkanes of at least 4 members (excludes halogenated alkanes) is 1. The third-order valence-corrected chi connectivity index (χ3v) is 6.75. The maximum Gasteiger partial charge on any atom is 0.0786 e. The summed E-state index contributed by atoms with van der Waals surface area (Å²) >= 11 is 0. The molecule has 0 bridgehead atoms. The molecule has 0 spiro atoms. The first-order chi connectivity index (χ1) is 15.3. The van der Waals surface area contributed by atoms with Gasteiger partial charge in [-0.25, -0.2) is 0 Å². The van der Waals surface area contributed by atoms with Gasteiger partial charge in [0.05, 0.1) is 22.9 Å². The van der Waals surface area contributed by atoms with Crippen LogP contribution in [0.25, 0.3) is 21.8 Å². The Balaban J connectivity index is 1.55.